The number of aryl methyl sites for hydroxylation is 1. The van der Waals surface area contributed by atoms with Crippen molar-refractivity contribution >= 4 is 10.0 Å². The average molecular weight is 410 g/mol. The Morgan fingerprint density at radius 1 is 1.00 bits per heavy atom. The fraction of sp³-hybridized carbons (Fsp3) is 0.348. The van der Waals surface area contributed by atoms with Crippen LogP contribution in [0, 0.1) is 5.92 Å². The van der Waals surface area contributed by atoms with Gasteiger partial charge in [0.1, 0.15) is 5.82 Å². The molecule has 0 N–H and O–H groups in total. The molecule has 0 saturated carbocycles. The number of aromatic nitrogens is 2. The Bertz CT molecular complexity index is 1040. The van der Waals surface area contributed by atoms with E-state index in [0.29, 0.717) is 23.9 Å². The van der Waals surface area contributed by atoms with Crippen LogP contribution in [0.4, 0.5) is 0 Å². The van der Waals surface area contributed by atoms with Crippen LogP contribution in [0.15, 0.2) is 71.9 Å². The van der Waals surface area contributed by atoms with Crippen LogP contribution in [0.25, 0.3) is 11.4 Å². The summed E-state index contributed by atoms with van der Waals surface area (Å²) in [6.07, 6.45) is 6.48. The van der Waals surface area contributed by atoms with E-state index in [0.717, 1.165) is 42.8 Å². The molecule has 5 nitrogen and oxygen atoms in total. The van der Waals surface area contributed by atoms with Crippen LogP contribution in [0.3, 0.4) is 0 Å². The summed E-state index contributed by atoms with van der Waals surface area (Å²) in [6, 6.07) is 17.5. The van der Waals surface area contributed by atoms with Gasteiger partial charge >= 0.3 is 0 Å². The molecule has 4 rings (SSSR count). The SMILES string of the molecule is CCc1ccc(S(=O)(=O)N2CCC(Cn3ccnc3-c3ccccc3)CC2)cc1. The molecule has 1 aliphatic heterocycles. The molecule has 1 aliphatic rings. The van der Waals surface area contributed by atoms with Crippen molar-refractivity contribution < 1.29 is 8.42 Å². The van der Waals surface area contributed by atoms with Gasteiger partial charge in [-0.15, -0.1) is 0 Å². The molecule has 3 aromatic rings. The molecule has 2 aromatic carbocycles. The maximum Gasteiger partial charge on any atom is 0.243 e. The summed E-state index contributed by atoms with van der Waals surface area (Å²) in [5.74, 6) is 1.41. The number of nitrogens with zero attached hydrogens (tertiary/aromatic N) is 3. The molecule has 0 spiro atoms. The number of benzene rings is 2. The molecule has 0 radical (unpaired) electrons. The maximum atomic E-state index is 13.0. The summed E-state index contributed by atoms with van der Waals surface area (Å²) in [7, 11) is -3.41. The van der Waals surface area contributed by atoms with Crippen LogP contribution in [-0.2, 0) is 23.0 Å². The number of hydrogen-bond acceptors (Lipinski definition) is 3. The van der Waals surface area contributed by atoms with Crippen molar-refractivity contribution in [2.45, 2.75) is 37.6 Å². The lowest BCUT2D eigenvalue weighted by atomic mass is 9.98. The molecule has 1 saturated heterocycles. The molecular weight excluding hydrogens is 382 g/mol. The van der Waals surface area contributed by atoms with E-state index in [2.05, 4.69) is 28.6 Å². The first-order valence-corrected chi connectivity index (χ1v) is 11.7. The van der Waals surface area contributed by atoms with Crippen LogP contribution in [0.5, 0.6) is 0 Å². The van der Waals surface area contributed by atoms with Gasteiger partial charge in [-0.05, 0) is 42.9 Å². The predicted octanol–water partition coefficient (Wildman–Crippen LogP) is 4.21. The van der Waals surface area contributed by atoms with Gasteiger partial charge in [0.2, 0.25) is 10.0 Å². The first-order chi connectivity index (χ1) is 14.1. The first kappa shape index (κ1) is 19.9. The van der Waals surface area contributed by atoms with E-state index in [1.165, 1.54) is 0 Å². The number of imidazole rings is 1. The summed E-state index contributed by atoms with van der Waals surface area (Å²) < 4.78 is 29.7. The van der Waals surface area contributed by atoms with Crippen LogP contribution >= 0.6 is 0 Å². The highest BCUT2D eigenvalue weighted by atomic mass is 32.2. The Morgan fingerprint density at radius 3 is 2.34 bits per heavy atom. The Hall–Kier alpha value is -2.44. The molecule has 29 heavy (non-hydrogen) atoms. The van der Waals surface area contributed by atoms with Gasteiger partial charge in [-0.1, -0.05) is 49.4 Å². The Balaban J connectivity index is 1.41. The lowest BCUT2D eigenvalue weighted by molar-refractivity contribution is 0.253. The van der Waals surface area contributed by atoms with E-state index in [1.54, 1.807) is 16.4 Å². The topological polar surface area (TPSA) is 55.2 Å². The molecule has 0 unspecified atom stereocenters. The summed E-state index contributed by atoms with van der Waals surface area (Å²) in [4.78, 5) is 4.91. The fourth-order valence-corrected chi connectivity index (χ4v) is 5.43. The van der Waals surface area contributed by atoms with Gasteiger partial charge in [-0.25, -0.2) is 13.4 Å². The molecule has 2 heterocycles. The normalized spacial score (nSPS) is 16.2. The van der Waals surface area contributed by atoms with Crippen LogP contribution in [0.2, 0.25) is 0 Å². The Morgan fingerprint density at radius 2 is 1.69 bits per heavy atom. The molecule has 0 aliphatic carbocycles. The fourth-order valence-electron chi connectivity index (χ4n) is 3.96. The van der Waals surface area contributed by atoms with Gasteiger partial charge in [0.05, 0.1) is 4.90 Å². The third-order valence-corrected chi connectivity index (χ3v) is 7.66. The largest absolute Gasteiger partial charge is 0.331 e. The van der Waals surface area contributed by atoms with E-state index >= 15 is 0 Å². The third kappa shape index (κ3) is 4.28. The van der Waals surface area contributed by atoms with Gasteiger partial charge < -0.3 is 4.57 Å². The average Bonchev–Trinajstić information content (AvgIpc) is 3.23. The molecule has 0 atom stereocenters. The number of piperidine rings is 1. The van der Waals surface area contributed by atoms with Crippen molar-refractivity contribution in [3.05, 3.63) is 72.6 Å². The van der Waals surface area contributed by atoms with Gasteiger partial charge in [-0.3, -0.25) is 0 Å². The van der Waals surface area contributed by atoms with Gasteiger partial charge in [0, 0.05) is 37.6 Å². The zero-order valence-corrected chi connectivity index (χ0v) is 17.6. The lowest BCUT2D eigenvalue weighted by Crippen LogP contribution is -2.39. The maximum absolute atomic E-state index is 13.0. The molecule has 1 fully saturated rings. The van der Waals surface area contributed by atoms with E-state index in [4.69, 9.17) is 0 Å². The van der Waals surface area contributed by atoms with E-state index in [9.17, 15) is 8.42 Å². The third-order valence-electron chi connectivity index (χ3n) is 5.75. The Labute approximate surface area is 173 Å². The lowest BCUT2D eigenvalue weighted by Gasteiger charge is -2.31. The van der Waals surface area contributed by atoms with Crippen LogP contribution < -0.4 is 0 Å². The minimum absolute atomic E-state index is 0.397. The van der Waals surface area contributed by atoms with E-state index < -0.39 is 10.0 Å². The Kier molecular flexibility index (Phi) is 5.83. The number of hydrogen-bond donors (Lipinski definition) is 0. The quantitative estimate of drug-likeness (QED) is 0.613. The molecule has 0 bridgehead atoms. The van der Waals surface area contributed by atoms with Crippen molar-refractivity contribution in [2.75, 3.05) is 13.1 Å². The van der Waals surface area contributed by atoms with Gasteiger partial charge in [-0.2, -0.15) is 4.31 Å². The van der Waals surface area contributed by atoms with Crippen molar-refractivity contribution in [1.29, 1.82) is 0 Å². The zero-order chi connectivity index (χ0) is 20.3. The summed E-state index contributed by atoms with van der Waals surface area (Å²) >= 11 is 0. The predicted molar refractivity (Wildman–Crippen MR) is 115 cm³/mol. The van der Waals surface area contributed by atoms with Crippen molar-refractivity contribution in [1.82, 2.24) is 13.9 Å². The van der Waals surface area contributed by atoms with Crippen molar-refractivity contribution in [3.63, 3.8) is 0 Å². The van der Waals surface area contributed by atoms with Crippen LogP contribution in [-0.4, -0.2) is 35.4 Å². The van der Waals surface area contributed by atoms with Gasteiger partial charge in [0.25, 0.3) is 0 Å². The second-order valence-electron chi connectivity index (χ2n) is 7.61. The molecule has 1 aromatic heterocycles. The highest BCUT2D eigenvalue weighted by Gasteiger charge is 2.29. The standard InChI is InChI=1S/C23H27N3O2S/c1-2-19-8-10-22(11-9-19)29(27,28)26-15-12-20(13-16-26)18-25-17-14-24-23(25)21-6-4-3-5-7-21/h3-11,14,17,20H,2,12-13,15-16,18H2,1H3. The summed E-state index contributed by atoms with van der Waals surface area (Å²) in [5.41, 5.74) is 2.25. The minimum Gasteiger partial charge on any atom is -0.331 e. The van der Waals surface area contributed by atoms with Crippen LogP contribution in [0.1, 0.15) is 25.3 Å². The zero-order valence-electron chi connectivity index (χ0n) is 16.7. The minimum atomic E-state index is -3.41. The summed E-state index contributed by atoms with van der Waals surface area (Å²) in [6.45, 7) is 4.07. The smallest absolute Gasteiger partial charge is 0.243 e. The molecular formula is C23H27N3O2S. The second-order valence-corrected chi connectivity index (χ2v) is 9.55. The van der Waals surface area contributed by atoms with Gasteiger partial charge in [0.15, 0.2) is 0 Å². The van der Waals surface area contributed by atoms with E-state index in [-0.39, 0.29) is 0 Å². The summed E-state index contributed by atoms with van der Waals surface area (Å²) in [5, 5.41) is 0. The highest BCUT2D eigenvalue weighted by Crippen LogP contribution is 2.27. The molecule has 0 amide bonds. The van der Waals surface area contributed by atoms with Crippen molar-refractivity contribution in [3.8, 4) is 11.4 Å². The van der Waals surface area contributed by atoms with Crippen molar-refractivity contribution in [2.24, 2.45) is 5.92 Å². The molecule has 6 heteroatoms. The second kappa shape index (κ2) is 8.51. The monoisotopic (exact) mass is 409 g/mol. The first-order valence-electron chi connectivity index (χ1n) is 10.2. The number of rotatable bonds is 6. The highest BCUT2D eigenvalue weighted by molar-refractivity contribution is 7.89. The molecule has 152 valence electrons. The van der Waals surface area contributed by atoms with E-state index in [1.807, 2.05) is 42.7 Å². The number of sulfonamides is 1.